The minimum Gasteiger partial charge on any atom is -0.490 e. The molecule has 1 aliphatic rings. The highest BCUT2D eigenvalue weighted by molar-refractivity contribution is 7.91. The van der Waals surface area contributed by atoms with E-state index in [0.29, 0.717) is 37.6 Å². The van der Waals surface area contributed by atoms with E-state index in [1.165, 1.54) is 6.92 Å². The Hall–Kier alpha value is -1.47. The summed E-state index contributed by atoms with van der Waals surface area (Å²) in [5, 5.41) is 3.02. The van der Waals surface area contributed by atoms with Crippen LogP contribution >= 0.6 is 0 Å². The van der Waals surface area contributed by atoms with E-state index in [-0.39, 0.29) is 23.0 Å². The molecule has 0 aliphatic heterocycles. The topological polar surface area (TPSA) is 72.5 Å². The van der Waals surface area contributed by atoms with Crippen LogP contribution in [-0.2, 0) is 14.6 Å². The maximum atomic E-state index is 14.7. The average molecular weight is 414 g/mol. The number of unbranched alkanes of at least 4 members (excludes halogenated alkanes) is 2. The van der Waals surface area contributed by atoms with E-state index in [9.17, 15) is 17.6 Å². The van der Waals surface area contributed by atoms with Gasteiger partial charge in [-0.25, -0.2) is 12.8 Å². The minimum absolute atomic E-state index is 0.0708. The van der Waals surface area contributed by atoms with Gasteiger partial charge in [-0.3, -0.25) is 4.79 Å². The Morgan fingerprint density at radius 1 is 1.29 bits per heavy atom. The zero-order valence-corrected chi connectivity index (χ0v) is 17.7. The van der Waals surface area contributed by atoms with Crippen molar-refractivity contribution in [3.8, 4) is 5.75 Å². The predicted octanol–water partition coefficient (Wildman–Crippen LogP) is 3.48. The van der Waals surface area contributed by atoms with Crippen LogP contribution in [0, 0.1) is 11.7 Å². The lowest BCUT2D eigenvalue weighted by Gasteiger charge is -2.16. The fourth-order valence-corrected chi connectivity index (χ4v) is 4.83. The fourth-order valence-electron chi connectivity index (χ4n) is 3.08. The van der Waals surface area contributed by atoms with Gasteiger partial charge in [0, 0.05) is 0 Å². The van der Waals surface area contributed by atoms with Crippen LogP contribution < -0.4 is 10.1 Å². The summed E-state index contributed by atoms with van der Waals surface area (Å²) in [4.78, 5) is 10.8. The van der Waals surface area contributed by atoms with Crippen molar-refractivity contribution >= 4 is 15.6 Å². The molecule has 1 N–H and O–H groups in total. The van der Waals surface area contributed by atoms with Crippen LogP contribution in [0.2, 0.25) is 0 Å². The van der Waals surface area contributed by atoms with Crippen LogP contribution in [0.5, 0.6) is 5.75 Å². The standard InChI is InChI=1S/C21H32FNO4S/c1-16(15-28(25,26)12-5-3-4-11-23-13-17(2)24)19-7-6-8-20(21(19)22)27-14-18-9-10-18/h6-8,16,18,23H,3-5,9-15H2,1-2H3/t16-/m1/s1. The molecule has 0 radical (unpaired) electrons. The maximum absolute atomic E-state index is 14.7. The number of halogens is 1. The third-order valence-electron chi connectivity index (χ3n) is 4.88. The molecule has 0 saturated heterocycles. The number of nitrogens with one attached hydrogen (secondary N) is 1. The van der Waals surface area contributed by atoms with Crippen molar-refractivity contribution in [1.82, 2.24) is 5.32 Å². The third-order valence-corrected chi connectivity index (χ3v) is 6.80. The lowest BCUT2D eigenvalue weighted by Crippen LogP contribution is -2.22. The first-order valence-electron chi connectivity index (χ1n) is 10.1. The molecule has 1 atom stereocenters. The number of hydrogen-bond acceptors (Lipinski definition) is 5. The Bertz CT molecular complexity index is 747. The minimum atomic E-state index is -3.26. The monoisotopic (exact) mass is 413 g/mol. The lowest BCUT2D eigenvalue weighted by atomic mass is 10.0. The zero-order valence-electron chi connectivity index (χ0n) is 16.9. The number of Topliss-reactive ketones (excluding diaryl/α,β-unsaturated/α-hetero) is 1. The lowest BCUT2D eigenvalue weighted by molar-refractivity contribution is -0.116. The highest BCUT2D eigenvalue weighted by atomic mass is 32.2. The van der Waals surface area contributed by atoms with Crippen LogP contribution in [-0.4, -0.2) is 45.4 Å². The van der Waals surface area contributed by atoms with Gasteiger partial charge >= 0.3 is 0 Å². The second-order valence-electron chi connectivity index (χ2n) is 7.87. The zero-order chi connectivity index (χ0) is 20.6. The number of ether oxygens (including phenoxy) is 1. The normalized spacial score (nSPS) is 15.4. The van der Waals surface area contributed by atoms with Crippen molar-refractivity contribution < 1.29 is 22.3 Å². The molecular weight excluding hydrogens is 381 g/mol. The molecule has 7 heteroatoms. The highest BCUT2D eigenvalue weighted by Crippen LogP contribution is 2.32. The summed E-state index contributed by atoms with van der Waals surface area (Å²) in [7, 11) is -3.26. The number of hydrogen-bond donors (Lipinski definition) is 1. The van der Waals surface area contributed by atoms with Crippen LogP contribution in [0.4, 0.5) is 4.39 Å². The third kappa shape index (κ3) is 8.27. The molecule has 5 nitrogen and oxygen atoms in total. The summed E-state index contributed by atoms with van der Waals surface area (Å²) in [6, 6.07) is 4.96. The number of carbonyl (C=O) groups is 1. The summed E-state index contributed by atoms with van der Waals surface area (Å²) in [5.41, 5.74) is 0.394. The van der Waals surface area contributed by atoms with Crippen molar-refractivity contribution in [1.29, 1.82) is 0 Å². The Morgan fingerprint density at radius 2 is 2.04 bits per heavy atom. The molecule has 0 spiro atoms. The number of rotatable bonds is 14. The summed E-state index contributed by atoms with van der Waals surface area (Å²) in [6.07, 6.45) is 4.43. The average Bonchev–Trinajstić information content (AvgIpc) is 3.43. The molecule has 1 aromatic rings. The molecule has 0 aromatic heterocycles. The van der Waals surface area contributed by atoms with Gasteiger partial charge in [0.05, 0.1) is 24.7 Å². The molecule has 0 heterocycles. The van der Waals surface area contributed by atoms with Crippen molar-refractivity contribution in [3.05, 3.63) is 29.6 Å². The molecule has 0 bridgehead atoms. The molecule has 0 amide bonds. The van der Waals surface area contributed by atoms with Crippen molar-refractivity contribution in [2.75, 3.05) is 31.2 Å². The Labute approximate surface area is 168 Å². The molecule has 1 aliphatic carbocycles. The van der Waals surface area contributed by atoms with Gasteiger partial charge in [0.1, 0.15) is 5.78 Å². The Kier molecular flexibility index (Phi) is 8.89. The number of sulfone groups is 1. The van der Waals surface area contributed by atoms with E-state index < -0.39 is 21.6 Å². The largest absolute Gasteiger partial charge is 0.490 e. The summed E-state index contributed by atoms with van der Waals surface area (Å²) >= 11 is 0. The quantitative estimate of drug-likeness (QED) is 0.473. The number of carbonyl (C=O) groups excluding carboxylic acids is 1. The van der Waals surface area contributed by atoms with Gasteiger partial charge in [0.2, 0.25) is 0 Å². The van der Waals surface area contributed by atoms with Gasteiger partial charge in [-0.15, -0.1) is 0 Å². The second kappa shape index (κ2) is 10.9. The first-order chi connectivity index (χ1) is 13.3. The predicted molar refractivity (Wildman–Crippen MR) is 109 cm³/mol. The summed E-state index contributed by atoms with van der Waals surface area (Å²) in [6.45, 7) is 4.85. The second-order valence-corrected chi connectivity index (χ2v) is 10.1. The van der Waals surface area contributed by atoms with Crippen LogP contribution in [0.15, 0.2) is 18.2 Å². The molecular formula is C21H32FNO4S. The molecule has 158 valence electrons. The molecule has 1 aromatic carbocycles. The molecule has 2 rings (SSSR count). The van der Waals surface area contributed by atoms with Crippen molar-refractivity contribution in [2.24, 2.45) is 5.92 Å². The SMILES string of the molecule is CC(=O)CNCCCCCS(=O)(=O)C[C@@H](C)c1cccc(OCC2CC2)c1F. The van der Waals surface area contributed by atoms with E-state index in [2.05, 4.69) is 5.32 Å². The van der Waals surface area contributed by atoms with Crippen molar-refractivity contribution in [3.63, 3.8) is 0 Å². The van der Waals surface area contributed by atoms with Crippen LogP contribution in [0.25, 0.3) is 0 Å². The fraction of sp³-hybridized carbons (Fsp3) is 0.667. The Morgan fingerprint density at radius 3 is 2.71 bits per heavy atom. The van der Waals surface area contributed by atoms with Gasteiger partial charge < -0.3 is 10.1 Å². The first kappa shape index (κ1) is 22.8. The van der Waals surface area contributed by atoms with Crippen LogP contribution in [0.3, 0.4) is 0 Å². The molecule has 1 saturated carbocycles. The number of ketones is 1. The first-order valence-corrected chi connectivity index (χ1v) is 11.9. The van der Waals surface area contributed by atoms with E-state index in [0.717, 1.165) is 25.7 Å². The molecule has 0 unspecified atom stereocenters. The maximum Gasteiger partial charge on any atom is 0.168 e. The van der Waals surface area contributed by atoms with Gasteiger partial charge in [0.15, 0.2) is 21.4 Å². The van der Waals surface area contributed by atoms with Gasteiger partial charge in [-0.05, 0) is 62.6 Å². The smallest absolute Gasteiger partial charge is 0.168 e. The highest BCUT2D eigenvalue weighted by Gasteiger charge is 2.24. The van der Waals surface area contributed by atoms with E-state index >= 15 is 0 Å². The summed E-state index contributed by atoms with van der Waals surface area (Å²) in [5.74, 6) is -0.00703. The Balaban J connectivity index is 1.77. The summed E-state index contributed by atoms with van der Waals surface area (Å²) < 4.78 is 45.1. The van der Waals surface area contributed by atoms with E-state index in [1.54, 1.807) is 25.1 Å². The van der Waals surface area contributed by atoms with E-state index in [1.807, 2.05) is 0 Å². The molecule has 28 heavy (non-hydrogen) atoms. The van der Waals surface area contributed by atoms with E-state index in [4.69, 9.17) is 4.74 Å². The van der Waals surface area contributed by atoms with Gasteiger partial charge in [0.25, 0.3) is 0 Å². The number of benzene rings is 1. The molecule has 1 fully saturated rings. The van der Waals surface area contributed by atoms with Gasteiger partial charge in [-0.1, -0.05) is 25.5 Å². The van der Waals surface area contributed by atoms with Crippen molar-refractivity contribution in [2.45, 2.75) is 51.9 Å². The van der Waals surface area contributed by atoms with Crippen LogP contribution in [0.1, 0.15) is 57.4 Å². The van der Waals surface area contributed by atoms with Gasteiger partial charge in [-0.2, -0.15) is 0 Å².